The summed E-state index contributed by atoms with van der Waals surface area (Å²) in [6.07, 6.45) is 1.45. The number of hydrazone groups is 1. The van der Waals surface area contributed by atoms with Crippen LogP contribution < -0.4 is 14.9 Å². The Morgan fingerprint density at radius 2 is 2.00 bits per heavy atom. The molecule has 0 aromatic heterocycles. The number of rotatable bonds is 6. The molecule has 8 heteroatoms. The molecule has 0 heterocycles. The van der Waals surface area contributed by atoms with E-state index in [2.05, 4.69) is 10.5 Å². The van der Waals surface area contributed by atoms with E-state index in [0.29, 0.717) is 16.3 Å². The molecule has 126 valence electrons. The smallest absolute Gasteiger partial charge is 0.315 e. The molecule has 0 amide bonds. The highest BCUT2D eigenvalue weighted by atomic mass is 35.5. The Morgan fingerprint density at radius 1 is 1.25 bits per heavy atom. The van der Waals surface area contributed by atoms with Crippen molar-refractivity contribution < 1.29 is 14.4 Å². The summed E-state index contributed by atoms with van der Waals surface area (Å²) in [7, 11) is 2.76. The van der Waals surface area contributed by atoms with E-state index in [1.165, 1.54) is 26.5 Å². The van der Waals surface area contributed by atoms with E-state index < -0.39 is 4.92 Å². The van der Waals surface area contributed by atoms with Crippen molar-refractivity contribution in [1.29, 1.82) is 0 Å². The molecule has 2 aromatic rings. The average molecular weight is 350 g/mol. The molecule has 0 radical (unpaired) electrons. The number of halogens is 1. The summed E-state index contributed by atoms with van der Waals surface area (Å²) >= 11 is 6.04. The second-order valence-electron chi connectivity index (χ2n) is 4.87. The summed E-state index contributed by atoms with van der Waals surface area (Å²) in [6, 6.07) is 8.39. The topological polar surface area (TPSA) is 86.0 Å². The van der Waals surface area contributed by atoms with E-state index in [0.717, 1.165) is 5.56 Å². The van der Waals surface area contributed by atoms with Gasteiger partial charge in [-0.3, -0.25) is 15.5 Å². The van der Waals surface area contributed by atoms with E-state index in [-0.39, 0.29) is 17.2 Å². The van der Waals surface area contributed by atoms with Crippen LogP contribution in [0.25, 0.3) is 0 Å². The Labute approximate surface area is 144 Å². The Balaban J connectivity index is 2.26. The zero-order valence-corrected chi connectivity index (χ0v) is 14.1. The van der Waals surface area contributed by atoms with Gasteiger partial charge in [-0.1, -0.05) is 17.7 Å². The number of ether oxygens (including phenoxy) is 2. The van der Waals surface area contributed by atoms with Crippen LogP contribution in [0.5, 0.6) is 11.5 Å². The summed E-state index contributed by atoms with van der Waals surface area (Å²) in [5.41, 5.74) is 4.78. The molecule has 0 saturated carbocycles. The van der Waals surface area contributed by atoms with Crippen molar-refractivity contribution in [1.82, 2.24) is 0 Å². The van der Waals surface area contributed by atoms with Crippen molar-refractivity contribution in [2.75, 3.05) is 19.6 Å². The van der Waals surface area contributed by atoms with Crippen LogP contribution in [-0.4, -0.2) is 25.4 Å². The van der Waals surface area contributed by atoms with E-state index in [4.69, 9.17) is 21.1 Å². The number of aryl methyl sites for hydroxylation is 1. The fourth-order valence-corrected chi connectivity index (χ4v) is 2.20. The highest BCUT2D eigenvalue weighted by Crippen LogP contribution is 2.37. The van der Waals surface area contributed by atoms with Gasteiger partial charge in [0.05, 0.1) is 31.0 Å². The van der Waals surface area contributed by atoms with Gasteiger partial charge in [-0.2, -0.15) is 5.10 Å². The molecule has 0 aliphatic rings. The summed E-state index contributed by atoms with van der Waals surface area (Å²) in [5.74, 6) is 0.324. The Kier molecular flexibility index (Phi) is 5.59. The highest BCUT2D eigenvalue weighted by molar-refractivity contribution is 6.31. The molecule has 0 unspecified atom stereocenters. The molecule has 0 aliphatic carbocycles. The lowest BCUT2D eigenvalue weighted by atomic mass is 10.2. The van der Waals surface area contributed by atoms with Gasteiger partial charge in [0.2, 0.25) is 5.75 Å². The molecule has 0 bridgehead atoms. The Hall–Kier alpha value is -2.80. The zero-order valence-electron chi connectivity index (χ0n) is 13.4. The van der Waals surface area contributed by atoms with Crippen LogP contribution >= 0.6 is 11.6 Å². The molecule has 24 heavy (non-hydrogen) atoms. The molecule has 0 spiro atoms. The fraction of sp³-hybridized carbons (Fsp3) is 0.188. The maximum atomic E-state index is 11.2. The number of hydrogen-bond acceptors (Lipinski definition) is 6. The summed E-state index contributed by atoms with van der Waals surface area (Å²) in [5, 5.41) is 15.8. The van der Waals surface area contributed by atoms with Gasteiger partial charge in [0.25, 0.3) is 0 Å². The van der Waals surface area contributed by atoms with Crippen LogP contribution in [0.2, 0.25) is 5.02 Å². The van der Waals surface area contributed by atoms with E-state index in [9.17, 15) is 10.1 Å². The number of benzene rings is 2. The maximum absolute atomic E-state index is 11.2. The van der Waals surface area contributed by atoms with Gasteiger partial charge in [0.15, 0.2) is 5.75 Å². The van der Waals surface area contributed by atoms with Crippen molar-refractivity contribution in [2.24, 2.45) is 5.10 Å². The van der Waals surface area contributed by atoms with Crippen molar-refractivity contribution >= 4 is 29.2 Å². The van der Waals surface area contributed by atoms with Gasteiger partial charge in [0, 0.05) is 16.7 Å². The van der Waals surface area contributed by atoms with Crippen molar-refractivity contribution in [3.63, 3.8) is 0 Å². The predicted molar refractivity (Wildman–Crippen MR) is 93.6 cm³/mol. The molecule has 0 atom stereocenters. The summed E-state index contributed by atoms with van der Waals surface area (Å²) < 4.78 is 10.2. The van der Waals surface area contributed by atoms with Crippen LogP contribution in [0, 0.1) is 17.0 Å². The van der Waals surface area contributed by atoms with Crippen LogP contribution in [0.15, 0.2) is 35.4 Å². The van der Waals surface area contributed by atoms with Gasteiger partial charge in [-0.05, 0) is 30.7 Å². The molecule has 2 aromatic carbocycles. The molecule has 0 aliphatic heterocycles. The lowest BCUT2D eigenvalue weighted by molar-refractivity contribution is -0.385. The van der Waals surface area contributed by atoms with E-state index in [1.54, 1.807) is 12.1 Å². The first-order chi connectivity index (χ1) is 11.5. The number of hydrogen-bond donors (Lipinski definition) is 1. The second kappa shape index (κ2) is 7.65. The average Bonchev–Trinajstić information content (AvgIpc) is 2.57. The van der Waals surface area contributed by atoms with Crippen molar-refractivity contribution in [2.45, 2.75) is 6.92 Å². The number of nitro groups is 1. The Morgan fingerprint density at radius 3 is 2.58 bits per heavy atom. The SMILES string of the molecule is COc1cc(/C=N/Nc2ccc(C)c(Cl)c2)cc([N+](=O)[O-])c1OC. The minimum Gasteiger partial charge on any atom is -0.493 e. The fourth-order valence-electron chi connectivity index (χ4n) is 2.02. The molecular weight excluding hydrogens is 334 g/mol. The Bertz CT molecular complexity index is 793. The van der Waals surface area contributed by atoms with Crippen LogP contribution in [-0.2, 0) is 0 Å². The van der Waals surface area contributed by atoms with Gasteiger partial charge in [-0.25, -0.2) is 0 Å². The number of nitrogens with one attached hydrogen (secondary N) is 1. The number of nitrogens with zero attached hydrogens (tertiary/aromatic N) is 2. The molecule has 1 N–H and O–H groups in total. The minimum absolute atomic E-state index is 0.0675. The highest BCUT2D eigenvalue weighted by Gasteiger charge is 2.20. The number of nitro benzene ring substituents is 1. The van der Waals surface area contributed by atoms with E-state index >= 15 is 0 Å². The van der Waals surface area contributed by atoms with Crippen LogP contribution in [0.4, 0.5) is 11.4 Å². The first-order valence-corrected chi connectivity index (χ1v) is 7.29. The van der Waals surface area contributed by atoms with Gasteiger partial charge in [-0.15, -0.1) is 0 Å². The first-order valence-electron chi connectivity index (χ1n) is 6.92. The largest absolute Gasteiger partial charge is 0.493 e. The lowest BCUT2D eigenvalue weighted by Crippen LogP contribution is -1.99. The molecule has 2 rings (SSSR count). The minimum atomic E-state index is -0.536. The van der Waals surface area contributed by atoms with Gasteiger partial charge < -0.3 is 9.47 Å². The maximum Gasteiger partial charge on any atom is 0.315 e. The van der Waals surface area contributed by atoms with Crippen LogP contribution in [0.3, 0.4) is 0 Å². The normalized spacial score (nSPS) is 10.7. The monoisotopic (exact) mass is 349 g/mol. The summed E-state index contributed by atoms with van der Waals surface area (Å²) in [4.78, 5) is 10.6. The predicted octanol–water partition coefficient (Wildman–Crippen LogP) is 4.02. The molecular formula is C16H16ClN3O4. The van der Waals surface area contributed by atoms with Gasteiger partial charge >= 0.3 is 5.69 Å². The third-order valence-corrected chi connectivity index (χ3v) is 3.66. The van der Waals surface area contributed by atoms with Crippen LogP contribution in [0.1, 0.15) is 11.1 Å². The third kappa shape index (κ3) is 3.94. The van der Waals surface area contributed by atoms with E-state index in [1.807, 2.05) is 19.1 Å². The molecule has 0 saturated heterocycles. The standard InChI is InChI=1S/C16H16ClN3O4/c1-10-4-5-12(8-13(10)17)19-18-9-11-6-14(20(21)22)16(24-3)15(7-11)23-2/h4-9,19H,1-3H3/b18-9+. The van der Waals surface area contributed by atoms with Crippen molar-refractivity contribution in [3.8, 4) is 11.5 Å². The first kappa shape index (κ1) is 17.6. The molecule has 0 fully saturated rings. The molecule has 7 nitrogen and oxygen atoms in total. The van der Waals surface area contributed by atoms with Gasteiger partial charge in [0.1, 0.15) is 0 Å². The lowest BCUT2D eigenvalue weighted by Gasteiger charge is -2.08. The second-order valence-corrected chi connectivity index (χ2v) is 5.27. The number of methoxy groups -OCH3 is 2. The zero-order chi connectivity index (χ0) is 17.7. The quantitative estimate of drug-likeness (QED) is 0.483. The van der Waals surface area contributed by atoms with Crippen molar-refractivity contribution in [3.05, 3.63) is 56.6 Å². The summed E-state index contributed by atoms with van der Waals surface area (Å²) in [6.45, 7) is 1.90. The number of anilines is 1. The third-order valence-electron chi connectivity index (χ3n) is 3.26.